The van der Waals surface area contributed by atoms with E-state index in [1.165, 1.54) is 149 Å². The molecule has 0 bridgehead atoms. The van der Waals surface area contributed by atoms with E-state index in [9.17, 15) is 0 Å². The zero-order valence-corrected chi connectivity index (χ0v) is 49.9. The molecule has 6 aliphatic rings. The van der Waals surface area contributed by atoms with E-state index in [2.05, 4.69) is 257 Å². The standard InChI is InChI=1S/C76H83N3/c1-47-40-48(2)68-69-65(47)66-58-43-54(71(6,7)8)31-34-61(58)77(60-33-30-53(70(3,4)5)42-57(60)51-29-28-49-24-18-19-25-50(49)41-51)63-45-56(46-64(67(63)66)79(69)74(13)37-21-20-36-73(68,74)12)78-62-35-32-55(72(9,10)11)44-59(62)76(52-26-16-15-17-27-52)39-23-22-38-75(76,78)14/h15-19,24-35,40-46,66H,20-23,36-39H2,1-14H3. The van der Waals surface area contributed by atoms with Gasteiger partial charge in [-0.25, -0.2) is 0 Å². The van der Waals surface area contributed by atoms with E-state index in [4.69, 9.17) is 0 Å². The number of rotatable bonds is 4. The molecule has 79 heavy (non-hydrogen) atoms. The Morgan fingerprint density at radius 1 is 0.456 bits per heavy atom. The molecule has 2 saturated carbocycles. The minimum atomic E-state index is -0.255. The first-order valence-electron chi connectivity index (χ1n) is 30.2. The zero-order valence-electron chi connectivity index (χ0n) is 49.9. The van der Waals surface area contributed by atoms with Crippen molar-refractivity contribution in [2.24, 2.45) is 0 Å². The van der Waals surface area contributed by atoms with Crippen molar-refractivity contribution >= 4 is 50.6 Å². The summed E-state index contributed by atoms with van der Waals surface area (Å²) in [7, 11) is 0. The Bertz CT molecular complexity index is 3860. The molecule has 14 rings (SSSR count). The largest absolute Gasteiger partial charge is 0.334 e. The predicted octanol–water partition coefficient (Wildman–Crippen LogP) is 20.8. The van der Waals surface area contributed by atoms with Gasteiger partial charge >= 0.3 is 0 Å². The maximum atomic E-state index is 2.99. The molecule has 8 aromatic carbocycles. The minimum Gasteiger partial charge on any atom is -0.334 e. The second-order valence-electron chi connectivity index (χ2n) is 29.1. The van der Waals surface area contributed by atoms with E-state index in [0.717, 1.165) is 19.3 Å². The molecule has 2 fully saturated rings. The van der Waals surface area contributed by atoms with Gasteiger partial charge in [0.15, 0.2) is 0 Å². The van der Waals surface area contributed by atoms with Gasteiger partial charge in [-0.05, 0) is 184 Å². The summed E-state index contributed by atoms with van der Waals surface area (Å²) < 4.78 is 0. The van der Waals surface area contributed by atoms with Crippen LogP contribution in [-0.4, -0.2) is 11.1 Å². The highest BCUT2D eigenvalue weighted by atomic mass is 15.3. The average Bonchev–Trinajstić information content (AvgIpc) is 3.49. The van der Waals surface area contributed by atoms with E-state index < -0.39 is 0 Å². The Labute approximate surface area is 473 Å². The highest BCUT2D eigenvalue weighted by Gasteiger charge is 2.64. The van der Waals surface area contributed by atoms with Gasteiger partial charge in [0.05, 0.1) is 39.5 Å². The van der Waals surface area contributed by atoms with Gasteiger partial charge in [0.2, 0.25) is 0 Å². The second kappa shape index (κ2) is 16.7. The smallest absolute Gasteiger partial charge is 0.0561 e. The fraction of sp³-hybridized carbons (Fsp3) is 0.395. The quantitative estimate of drug-likeness (QED) is 0.174. The van der Waals surface area contributed by atoms with Crippen molar-refractivity contribution in [3.63, 3.8) is 0 Å². The number of benzene rings is 8. The third kappa shape index (κ3) is 6.83. The van der Waals surface area contributed by atoms with Crippen molar-refractivity contribution in [2.45, 2.75) is 192 Å². The number of aryl methyl sites for hydroxylation is 2. The number of fused-ring (bicyclic) bond motifs is 11. The molecule has 0 aromatic heterocycles. The van der Waals surface area contributed by atoms with Crippen molar-refractivity contribution in [2.75, 3.05) is 14.7 Å². The van der Waals surface area contributed by atoms with Crippen LogP contribution in [0.5, 0.6) is 0 Å². The summed E-state index contributed by atoms with van der Waals surface area (Å²) in [4.78, 5) is 8.66. The molecular weight excluding hydrogens is 955 g/mol. The molecule has 5 atom stereocenters. The lowest BCUT2D eigenvalue weighted by Gasteiger charge is -2.54. The molecule has 3 heteroatoms. The molecule has 0 saturated heterocycles. The first-order valence-corrected chi connectivity index (χ1v) is 30.2. The third-order valence-corrected chi connectivity index (χ3v) is 21.5. The second-order valence-corrected chi connectivity index (χ2v) is 29.1. The first-order chi connectivity index (χ1) is 37.5. The monoisotopic (exact) mass is 1040 g/mol. The Kier molecular flexibility index (Phi) is 10.7. The topological polar surface area (TPSA) is 9.72 Å². The summed E-state index contributed by atoms with van der Waals surface area (Å²) >= 11 is 0. The Hall–Kier alpha value is -6.58. The van der Waals surface area contributed by atoms with Crippen LogP contribution in [0.15, 0.2) is 146 Å². The molecule has 4 aliphatic heterocycles. The van der Waals surface area contributed by atoms with E-state index in [0.29, 0.717) is 0 Å². The lowest BCUT2D eigenvalue weighted by molar-refractivity contribution is 0.194. The Morgan fingerprint density at radius 2 is 1.05 bits per heavy atom. The van der Waals surface area contributed by atoms with Crippen molar-refractivity contribution in [3.8, 4) is 11.1 Å². The van der Waals surface area contributed by atoms with Gasteiger partial charge in [0.25, 0.3) is 0 Å². The van der Waals surface area contributed by atoms with Crippen LogP contribution in [0.2, 0.25) is 0 Å². The van der Waals surface area contributed by atoms with E-state index in [1.807, 2.05) is 0 Å². The minimum absolute atomic E-state index is 0.00163. The fourth-order valence-electron chi connectivity index (χ4n) is 17.3. The van der Waals surface area contributed by atoms with Crippen LogP contribution >= 0.6 is 0 Å². The van der Waals surface area contributed by atoms with Crippen LogP contribution < -0.4 is 14.7 Å². The molecule has 402 valence electrons. The van der Waals surface area contributed by atoms with E-state index >= 15 is 0 Å². The maximum absolute atomic E-state index is 2.99. The molecule has 8 aromatic rings. The lowest BCUT2D eigenvalue weighted by atomic mass is 9.57. The normalized spacial score (nSPS) is 24.7. The molecule has 5 unspecified atom stereocenters. The van der Waals surface area contributed by atoms with E-state index in [-0.39, 0.29) is 44.1 Å². The summed E-state index contributed by atoms with van der Waals surface area (Å²) in [5.41, 5.74) is 27.2. The van der Waals surface area contributed by atoms with Crippen LogP contribution in [0.1, 0.15) is 202 Å². The van der Waals surface area contributed by atoms with Gasteiger partial charge < -0.3 is 14.7 Å². The van der Waals surface area contributed by atoms with Gasteiger partial charge in [-0.15, -0.1) is 0 Å². The summed E-state index contributed by atoms with van der Waals surface area (Å²) in [5.74, 6) is 0.0393. The molecule has 0 amide bonds. The number of anilines is 7. The van der Waals surface area contributed by atoms with E-state index in [1.54, 1.807) is 5.56 Å². The van der Waals surface area contributed by atoms with Gasteiger partial charge in [-0.1, -0.05) is 198 Å². The highest BCUT2D eigenvalue weighted by molar-refractivity contribution is 6.02. The number of hydrogen-bond donors (Lipinski definition) is 0. The third-order valence-electron chi connectivity index (χ3n) is 21.5. The van der Waals surface area contributed by atoms with Crippen LogP contribution in [-0.2, 0) is 27.1 Å². The molecule has 0 N–H and O–H groups in total. The van der Waals surface area contributed by atoms with Gasteiger partial charge in [-0.2, -0.15) is 0 Å². The molecule has 0 spiro atoms. The number of hydrogen-bond acceptors (Lipinski definition) is 3. The predicted molar refractivity (Wildman–Crippen MR) is 336 cm³/mol. The van der Waals surface area contributed by atoms with Crippen LogP contribution in [0.4, 0.5) is 39.8 Å². The van der Waals surface area contributed by atoms with Gasteiger partial charge in [-0.3, -0.25) is 0 Å². The van der Waals surface area contributed by atoms with Crippen LogP contribution in [0.25, 0.3) is 21.9 Å². The highest BCUT2D eigenvalue weighted by Crippen LogP contribution is 2.72. The van der Waals surface area contributed by atoms with Crippen molar-refractivity contribution in [1.82, 2.24) is 0 Å². The zero-order chi connectivity index (χ0) is 55.1. The fourth-order valence-corrected chi connectivity index (χ4v) is 17.3. The molecule has 4 heterocycles. The molecular formula is C76H83N3. The van der Waals surface area contributed by atoms with Crippen LogP contribution in [0.3, 0.4) is 0 Å². The molecule has 3 nitrogen and oxygen atoms in total. The average molecular weight is 1040 g/mol. The van der Waals surface area contributed by atoms with Gasteiger partial charge in [0.1, 0.15) is 0 Å². The Morgan fingerprint density at radius 3 is 1.76 bits per heavy atom. The van der Waals surface area contributed by atoms with Crippen molar-refractivity contribution < 1.29 is 0 Å². The summed E-state index contributed by atoms with van der Waals surface area (Å²) in [6.45, 7) is 34.3. The summed E-state index contributed by atoms with van der Waals surface area (Å²) in [6.07, 6.45) is 9.48. The van der Waals surface area contributed by atoms with Gasteiger partial charge in [0, 0.05) is 39.2 Å². The van der Waals surface area contributed by atoms with Crippen LogP contribution in [0, 0.1) is 13.8 Å². The maximum Gasteiger partial charge on any atom is 0.0561 e. The SMILES string of the molecule is Cc1cc(C)c2c3c1C1c4cc(C(C)(C)C)ccc4N(c4ccc(C(C)(C)C)cc4-c4ccc5ccccc5c4)c4cc(N5c6ccc(C(C)(C)C)cc6C6(c7ccccc7)CCCCC56C)cc(c41)N3C1(C)CCCCC21C. The van der Waals surface area contributed by atoms with Crippen molar-refractivity contribution in [3.05, 3.63) is 207 Å². The summed E-state index contributed by atoms with van der Waals surface area (Å²) in [6, 6.07) is 58.5. The Balaban J connectivity index is 1.14. The molecule has 0 radical (unpaired) electrons. The summed E-state index contributed by atoms with van der Waals surface area (Å²) in [5, 5.41) is 2.53. The number of nitrogens with zero attached hydrogens (tertiary/aromatic N) is 3. The lowest BCUT2D eigenvalue weighted by Crippen LogP contribution is -2.57. The molecule has 2 aliphatic carbocycles. The van der Waals surface area contributed by atoms with Crippen molar-refractivity contribution in [1.29, 1.82) is 0 Å². The first kappa shape index (κ1) is 50.6.